The Morgan fingerprint density at radius 1 is 1.00 bits per heavy atom. The first-order valence-electron chi connectivity index (χ1n) is 5.93. The third kappa shape index (κ3) is 3.33. The Kier molecular flexibility index (Phi) is 4.70. The Morgan fingerprint density at radius 2 is 1.65 bits per heavy atom. The lowest BCUT2D eigenvalue weighted by Crippen LogP contribution is -2.27. The highest BCUT2D eigenvalue weighted by atomic mass is 35.5. The van der Waals surface area contributed by atoms with Crippen molar-refractivity contribution in [1.82, 2.24) is 4.72 Å². The smallest absolute Gasteiger partial charge is 0.207 e. The maximum atomic E-state index is 12.3. The van der Waals surface area contributed by atoms with Crippen LogP contribution < -0.4 is 4.72 Å². The van der Waals surface area contributed by atoms with Crippen molar-refractivity contribution < 1.29 is 8.42 Å². The SMILES string of the molecule is C[C@@H](NS(=O)(=O)c1cccc(Cl)c1Cl)c1ccccc1. The molecule has 2 rings (SSSR count). The highest BCUT2D eigenvalue weighted by molar-refractivity contribution is 7.89. The molecule has 0 unspecified atom stereocenters. The number of sulfonamides is 1. The molecule has 0 amide bonds. The van der Waals surface area contributed by atoms with E-state index in [9.17, 15) is 8.42 Å². The molecule has 20 heavy (non-hydrogen) atoms. The second kappa shape index (κ2) is 6.14. The van der Waals surface area contributed by atoms with Crippen LogP contribution >= 0.6 is 23.2 Å². The summed E-state index contributed by atoms with van der Waals surface area (Å²) in [6, 6.07) is 13.4. The summed E-state index contributed by atoms with van der Waals surface area (Å²) in [6.07, 6.45) is 0. The lowest BCUT2D eigenvalue weighted by molar-refractivity contribution is 0.567. The predicted molar refractivity (Wildman–Crippen MR) is 81.6 cm³/mol. The van der Waals surface area contributed by atoms with Crippen LogP contribution in [0.4, 0.5) is 0 Å². The zero-order chi connectivity index (χ0) is 14.8. The van der Waals surface area contributed by atoms with Crippen LogP contribution in [0.3, 0.4) is 0 Å². The minimum Gasteiger partial charge on any atom is -0.207 e. The highest BCUT2D eigenvalue weighted by Gasteiger charge is 2.22. The van der Waals surface area contributed by atoms with Gasteiger partial charge in [-0.25, -0.2) is 13.1 Å². The van der Waals surface area contributed by atoms with Gasteiger partial charge in [0.05, 0.1) is 10.0 Å². The number of halogens is 2. The summed E-state index contributed by atoms with van der Waals surface area (Å²) >= 11 is 11.8. The molecule has 0 spiro atoms. The molecule has 106 valence electrons. The van der Waals surface area contributed by atoms with Gasteiger partial charge in [-0.05, 0) is 24.6 Å². The number of rotatable bonds is 4. The van der Waals surface area contributed by atoms with E-state index >= 15 is 0 Å². The second-order valence-corrected chi connectivity index (χ2v) is 6.77. The molecule has 2 aromatic rings. The van der Waals surface area contributed by atoms with Crippen molar-refractivity contribution in [2.45, 2.75) is 17.9 Å². The third-order valence-electron chi connectivity index (χ3n) is 2.84. The summed E-state index contributed by atoms with van der Waals surface area (Å²) in [4.78, 5) is -0.0190. The molecule has 6 heteroatoms. The highest BCUT2D eigenvalue weighted by Crippen LogP contribution is 2.29. The summed E-state index contributed by atoms with van der Waals surface area (Å²) in [6.45, 7) is 1.77. The van der Waals surface area contributed by atoms with Crippen molar-refractivity contribution >= 4 is 33.2 Å². The largest absolute Gasteiger partial charge is 0.242 e. The summed E-state index contributed by atoms with van der Waals surface area (Å²) in [5, 5.41) is 0.240. The molecule has 0 heterocycles. The van der Waals surface area contributed by atoms with Gasteiger partial charge in [-0.3, -0.25) is 0 Å². The molecular weight excluding hydrogens is 317 g/mol. The minimum atomic E-state index is -3.73. The van der Waals surface area contributed by atoms with E-state index in [-0.39, 0.29) is 21.0 Å². The Balaban J connectivity index is 2.30. The van der Waals surface area contributed by atoms with Gasteiger partial charge in [0.15, 0.2) is 0 Å². The molecule has 2 aromatic carbocycles. The third-order valence-corrected chi connectivity index (χ3v) is 5.35. The zero-order valence-electron chi connectivity index (χ0n) is 10.7. The van der Waals surface area contributed by atoms with E-state index in [1.165, 1.54) is 6.07 Å². The standard InChI is InChI=1S/C14H13Cl2NO2S/c1-10(11-6-3-2-4-7-11)17-20(18,19)13-9-5-8-12(15)14(13)16/h2-10,17H,1H3/t10-/m1/s1. The van der Waals surface area contributed by atoms with Crippen LogP contribution in [0.1, 0.15) is 18.5 Å². The van der Waals surface area contributed by atoms with Crippen molar-refractivity contribution in [2.75, 3.05) is 0 Å². The minimum absolute atomic E-state index is 0.0190. The van der Waals surface area contributed by atoms with Crippen molar-refractivity contribution in [3.63, 3.8) is 0 Å². The van der Waals surface area contributed by atoms with Crippen LogP contribution in [-0.2, 0) is 10.0 Å². The Morgan fingerprint density at radius 3 is 2.30 bits per heavy atom. The summed E-state index contributed by atoms with van der Waals surface area (Å²) in [7, 11) is -3.73. The van der Waals surface area contributed by atoms with Crippen LogP contribution in [-0.4, -0.2) is 8.42 Å². The van der Waals surface area contributed by atoms with Gasteiger partial charge in [-0.2, -0.15) is 0 Å². The van der Waals surface area contributed by atoms with Crippen molar-refractivity contribution in [3.05, 3.63) is 64.1 Å². The number of hydrogen-bond donors (Lipinski definition) is 1. The fourth-order valence-electron chi connectivity index (χ4n) is 1.80. The van der Waals surface area contributed by atoms with Crippen molar-refractivity contribution in [1.29, 1.82) is 0 Å². The van der Waals surface area contributed by atoms with E-state index in [4.69, 9.17) is 23.2 Å². The number of benzene rings is 2. The molecule has 1 atom stereocenters. The molecule has 0 fully saturated rings. The molecule has 0 saturated heterocycles. The van der Waals surface area contributed by atoms with Crippen LogP contribution in [0.25, 0.3) is 0 Å². The normalized spacial score (nSPS) is 13.2. The van der Waals surface area contributed by atoms with Gasteiger partial charge in [-0.1, -0.05) is 59.6 Å². The van der Waals surface area contributed by atoms with Gasteiger partial charge in [0.25, 0.3) is 0 Å². The van der Waals surface area contributed by atoms with E-state index in [0.29, 0.717) is 0 Å². The summed E-state index contributed by atoms with van der Waals surface area (Å²) in [5.74, 6) is 0. The summed E-state index contributed by atoms with van der Waals surface area (Å²) < 4.78 is 27.3. The average molecular weight is 330 g/mol. The van der Waals surface area contributed by atoms with Gasteiger partial charge in [0.1, 0.15) is 4.90 Å². The fourth-order valence-corrected chi connectivity index (χ4v) is 3.79. The molecule has 0 aliphatic rings. The fraction of sp³-hybridized carbons (Fsp3) is 0.143. The van der Waals surface area contributed by atoms with E-state index in [2.05, 4.69) is 4.72 Å². The van der Waals surface area contributed by atoms with Crippen LogP contribution in [0, 0.1) is 0 Å². The molecule has 0 saturated carbocycles. The number of nitrogens with one attached hydrogen (secondary N) is 1. The first-order chi connectivity index (χ1) is 9.42. The van der Waals surface area contributed by atoms with Crippen molar-refractivity contribution in [2.24, 2.45) is 0 Å². The van der Waals surface area contributed by atoms with E-state index in [1.807, 2.05) is 30.3 Å². The molecule has 0 aliphatic carbocycles. The monoisotopic (exact) mass is 329 g/mol. The molecule has 0 aromatic heterocycles. The van der Waals surface area contributed by atoms with Gasteiger partial charge in [0, 0.05) is 6.04 Å². The lowest BCUT2D eigenvalue weighted by atomic mass is 10.1. The van der Waals surface area contributed by atoms with E-state index < -0.39 is 10.0 Å². The molecule has 1 N–H and O–H groups in total. The van der Waals surface area contributed by atoms with Gasteiger partial charge < -0.3 is 0 Å². The lowest BCUT2D eigenvalue weighted by Gasteiger charge is -2.15. The second-order valence-electron chi connectivity index (χ2n) is 4.31. The Hall–Kier alpha value is -1.07. The van der Waals surface area contributed by atoms with Crippen molar-refractivity contribution in [3.8, 4) is 0 Å². The van der Waals surface area contributed by atoms with Gasteiger partial charge in [-0.15, -0.1) is 0 Å². The predicted octanol–water partition coefficient (Wildman–Crippen LogP) is 4.03. The topological polar surface area (TPSA) is 46.2 Å². The Labute approximate surface area is 128 Å². The molecule has 0 aliphatic heterocycles. The van der Waals surface area contributed by atoms with E-state index in [0.717, 1.165) is 5.56 Å². The quantitative estimate of drug-likeness (QED) is 0.920. The first kappa shape index (κ1) is 15.3. The Bertz CT molecular complexity index is 702. The molecule has 0 radical (unpaired) electrons. The van der Waals surface area contributed by atoms with E-state index in [1.54, 1.807) is 19.1 Å². The molecule has 3 nitrogen and oxygen atoms in total. The van der Waals surface area contributed by atoms with Gasteiger partial charge in [0.2, 0.25) is 10.0 Å². The summed E-state index contributed by atoms with van der Waals surface area (Å²) in [5.41, 5.74) is 0.870. The maximum Gasteiger partial charge on any atom is 0.242 e. The maximum absolute atomic E-state index is 12.3. The van der Waals surface area contributed by atoms with Crippen LogP contribution in [0.15, 0.2) is 53.4 Å². The first-order valence-corrected chi connectivity index (χ1v) is 8.17. The average Bonchev–Trinajstić information content (AvgIpc) is 2.42. The zero-order valence-corrected chi connectivity index (χ0v) is 13.0. The van der Waals surface area contributed by atoms with Crippen LogP contribution in [0.5, 0.6) is 0 Å². The molecule has 0 bridgehead atoms. The van der Waals surface area contributed by atoms with Gasteiger partial charge >= 0.3 is 0 Å². The molecular formula is C14H13Cl2NO2S. The number of hydrogen-bond acceptors (Lipinski definition) is 2. The van der Waals surface area contributed by atoms with Crippen LogP contribution in [0.2, 0.25) is 10.0 Å².